The molecule has 0 aliphatic rings. The van der Waals surface area contributed by atoms with Crippen molar-refractivity contribution >= 4 is 40.7 Å². The van der Waals surface area contributed by atoms with Crippen molar-refractivity contribution in [2.75, 3.05) is 10.6 Å². The van der Waals surface area contributed by atoms with E-state index in [2.05, 4.69) is 31.0 Å². The summed E-state index contributed by atoms with van der Waals surface area (Å²) in [5.41, 5.74) is 26.0. The molecule has 0 aliphatic heterocycles. The van der Waals surface area contributed by atoms with Crippen molar-refractivity contribution in [2.24, 2.45) is 43.3 Å². The van der Waals surface area contributed by atoms with Crippen molar-refractivity contribution in [3.8, 4) is 0 Å². The maximum absolute atomic E-state index is 12.4. The lowest BCUT2D eigenvalue weighted by Crippen LogP contribution is -2.22. The average Bonchev–Trinajstić information content (AvgIpc) is 2.80. The monoisotopic (exact) mass is 464 g/mol. The largest absolute Gasteiger partial charge is 0.369 e. The van der Waals surface area contributed by atoms with Gasteiger partial charge in [-0.3, -0.25) is 0 Å². The second-order valence-corrected chi connectivity index (χ2v) is 7.38. The summed E-state index contributed by atoms with van der Waals surface area (Å²) < 4.78 is 0. The Balaban J connectivity index is 2.04. The zero-order valence-electron chi connectivity index (χ0n) is 19.5. The van der Waals surface area contributed by atoms with E-state index in [4.69, 9.17) is 22.9 Å². The first kappa shape index (κ1) is 25.8. The molecule has 2 rings (SSSR count). The summed E-state index contributed by atoms with van der Waals surface area (Å²) in [6.45, 7) is 4.08. The summed E-state index contributed by atoms with van der Waals surface area (Å²) in [6.07, 6.45) is 3.22. The van der Waals surface area contributed by atoms with E-state index in [0.717, 1.165) is 48.2 Å². The lowest BCUT2D eigenvalue weighted by atomic mass is 10.1. The standard InChI is InChI=1S/C23H32N10O/c1-3-5-19(30-32-21(24)25)15-7-11-17(12-8-15)28-23(34)29-18-13-9-16(10-14-18)20(6-4-2)31-33-22(26)27/h7-14H,3-6H2,1-2H3,(H4,24,25,32)(H4,26,27,33)(H2,28,29,34)/b30-19-,31-20-. The van der Waals surface area contributed by atoms with Crippen LogP contribution in [-0.4, -0.2) is 29.4 Å². The van der Waals surface area contributed by atoms with Crippen LogP contribution in [0.1, 0.15) is 50.7 Å². The highest BCUT2D eigenvalue weighted by atomic mass is 16.2. The number of carbonyl (C=O) groups excluding carboxylic acids is 1. The summed E-state index contributed by atoms with van der Waals surface area (Å²) in [6, 6.07) is 14.2. The van der Waals surface area contributed by atoms with Gasteiger partial charge in [-0.15, -0.1) is 10.2 Å². The predicted molar refractivity (Wildman–Crippen MR) is 140 cm³/mol. The molecule has 0 aliphatic carbocycles. The predicted octanol–water partition coefficient (Wildman–Crippen LogP) is 2.89. The molecule has 0 radical (unpaired) electrons. The van der Waals surface area contributed by atoms with Gasteiger partial charge in [-0.2, -0.15) is 10.2 Å². The molecule has 0 saturated heterocycles. The fraction of sp³-hybridized carbons (Fsp3) is 0.261. The second kappa shape index (κ2) is 13.2. The normalized spacial score (nSPS) is 11.5. The molecule has 11 nitrogen and oxygen atoms in total. The topological polar surface area (TPSA) is 195 Å². The van der Waals surface area contributed by atoms with E-state index >= 15 is 0 Å². The first-order valence-electron chi connectivity index (χ1n) is 10.9. The van der Waals surface area contributed by atoms with Gasteiger partial charge in [0.05, 0.1) is 11.4 Å². The van der Waals surface area contributed by atoms with Gasteiger partial charge in [0, 0.05) is 11.4 Å². The third-order valence-electron chi connectivity index (χ3n) is 4.50. The van der Waals surface area contributed by atoms with Crippen LogP contribution in [-0.2, 0) is 0 Å². The maximum atomic E-state index is 12.4. The van der Waals surface area contributed by atoms with Gasteiger partial charge in [0.25, 0.3) is 0 Å². The van der Waals surface area contributed by atoms with Gasteiger partial charge >= 0.3 is 6.03 Å². The van der Waals surface area contributed by atoms with E-state index in [9.17, 15) is 4.79 Å². The van der Waals surface area contributed by atoms with Gasteiger partial charge in [-0.05, 0) is 48.2 Å². The number of urea groups is 1. The number of amides is 2. The van der Waals surface area contributed by atoms with E-state index in [1.807, 2.05) is 38.1 Å². The molecule has 0 bridgehead atoms. The minimum absolute atomic E-state index is 0.0979. The molecule has 0 aromatic heterocycles. The lowest BCUT2D eigenvalue weighted by molar-refractivity contribution is 0.262. The zero-order chi connectivity index (χ0) is 24.9. The Morgan fingerprint density at radius 2 is 1.00 bits per heavy atom. The zero-order valence-corrected chi connectivity index (χ0v) is 19.5. The highest BCUT2D eigenvalue weighted by molar-refractivity contribution is 6.03. The van der Waals surface area contributed by atoms with Crippen LogP contribution < -0.4 is 33.6 Å². The molecule has 2 aromatic rings. The fourth-order valence-electron chi connectivity index (χ4n) is 3.00. The molecule has 10 N–H and O–H groups in total. The van der Waals surface area contributed by atoms with Gasteiger partial charge in [-0.25, -0.2) is 4.79 Å². The van der Waals surface area contributed by atoms with E-state index in [1.54, 1.807) is 24.3 Å². The first-order chi connectivity index (χ1) is 16.3. The third-order valence-corrected chi connectivity index (χ3v) is 4.50. The fourth-order valence-corrected chi connectivity index (χ4v) is 3.00. The Hall–Kier alpha value is -4.41. The smallest absolute Gasteiger partial charge is 0.323 e. The van der Waals surface area contributed by atoms with Crippen LogP contribution in [0.4, 0.5) is 16.2 Å². The van der Waals surface area contributed by atoms with E-state index in [-0.39, 0.29) is 18.0 Å². The van der Waals surface area contributed by atoms with Gasteiger partial charge in [0.15, 0.2) is 0 Å². The highest BCUT2D eigenvalue weighted by Gasteiger charge is 2.08. The summed E-state index contributed by atoms with van der Waals surface area (Å²) in [5.74, 6) is -0.196. The summed E-state index contributed by atoms with van der Waals surface area (Å²) >= 11 is 0. The molecule has 2 aromatic carbocycles. The number of nitrogens with one attached hydrogen (secondary N) is 2. The van der Waals surface area contributed by atoms with Crippen LogP contribution in [0.3, 0.4) is 0 Å². The van der Waals surface area contributed by atoms with E-state index in [0.29, 0.717) is 11.4 Å². The van der Waals surface area contributed by atoms with Crippen LogP contribution in [0.5, 0.6) is 0 Å². The van der Waals surface area contributed by atoms with Crippen LogP contribution in [0.15, 0.2) is 68.9 Å². The van der Waals surface area contributed by atoms with E-state index in [1.165, 1.54) is 0 Å². The summed E-state index contributed by atoms with van der Waals surface area (Å²) in [5, 5.41) is 21.3. The van der Waals surface area contributed by atoms with Gasteiger partial charge in [-0.1, -0.05) is 51.0 Å². The molecule has 0 heterocycles. The Bertz CT molecular complexity index is 976. The number of nitrogens with zero attached hydrogens (tertiary/aromatic N) is 4. The molecule has 0 fully saturated rings. The van der Waals surface area contributed by atoms with Crippen molar-refractivity contribution in [1.29, 1.82) is 0 Å². The Morgan fingerprint density at radius 1 is 0.647 bits per heavy atom. The Morgan fingerprint density at radius 3 is 1.29 bits per heavy atom. The van der Waals surface area contributed by atoms with Crippen molar-refractivity contribution in [3.63, 3.8) is 0 Å². The van der Waals surface area contributed by atoms with Crippen molar-refractivity contribution in [2.45, 2.75) is 39.5 Å². The number of hydrogen-bond donors (Lipinski definition) is 6. The van der Waals surface area contributed by atoms with Gasteiger partial charge in [0.2, 0.25) is 11.9 Å². The minimum Gasteiger partial charge on any atom is -0.369 e. The lowest BCUT2D eigenvalue weighted by Gasteiger charge is -2.10. The van der Waals surface area contributed by atoms with Gasteiger partial charge in [0.1, 0.15) is 0 Å². The van der Waals surface area contributed by atoms with Crippen LogP contribution in [0, 0.1) is 0 Å². The quantitative estimate of drug-likeness (QED) is 0.178. The first-order valence-corrected chi connectivity index (χ1v) is 10.9. The van der Waals surface area contributed by atoms with E-state index < -0.39 is 0 Å². The SMILES string of the molecule is CCC/C(=N/N=C(N)N)c1ccc(NC(=O)Nc2ccc(/C(CCC)=N\N=C(N)N)cc2)cc1. The number of rotatable bonds is 10. The van der Waals surface area contributed by atoms with Crippen LogP contribution in [0.25, 0.3) is 0 Å². The molecule has 2 amide bonds. The molecule has 0 spiro atoms. The maximum Gasteiger partial charge on any atom is 0.323 e. The molecule has 0 atom stereocenters. The Labute approximate surface area is 199 Å². The molecule has 0 saturated carbocycles. The summed E-state index contributed by atoms with van der Waals surface area (Å²) in [4.78, 5) is 12.4. The number of nitrogens with two attached hydrogens (primary N) is 4. The average molecular weight is 465 g/mol. The second-order valence-electron chi connectivity index (χ2n) is 7.38. The molecular formula is C23H32N10O. The molecular weight excluding hydrogens is 432 g/mol. The number of hydrogen-bond acceptors (Lipinski definition) is 5. The molecule has 0 unspecified atom stereocenters. The summed E-state index contributed by atoms with van der Waals surface area (Å²) in [7, 11) is 0. The van der Waals surface area contributed by atoms with Crippen molar-refractivity contribution in [1.82, 2.24) is 0 Å². The highest BCUT2D eigenvalue weighted by Crippen LogP contribution is 2.16. The Kier molecular flexibility index (Phi) is 10.0. The van der Waals surface area contributed by atoms with Crippen LogP contribution >= 0.6 is 0 Å². The number of benzene rings is 2. The van der Waals surface area contributed by atoms with Crippen molar-refractivity contribution in [3.05, 3.63) is 59.7 Å². The number of anilines is 2. The van der Waals surface area contributed by atoms with Crippen molar-refractivity contribution < 1.29 is 4.79 Å². The molecule has 11 heteroatoms. The van der Waals surface area contributed by atoms with Gasteiger partial charge < -0.3 is 33.6 Å². The number of guanidine groups is 2. The third kappa shape index (κ3) is 8.61. The molecule has 34 heavy (non-hydrogen) atoms. The minimum atomic E-state index is -0.369. The number of carbonyl (C=O) groups is 1. The molecule has 180 valence electrons. The van der Waals surface area contributed by atoms with Crippen LogP contribution in [0.2, 0.25) is 0 Å².